The van der Waals surface area contributed by atoms with Gasteiger partial charge in [-0.3, -0.25) is 4.79 Å². The van der Waals surface area contributed by atoms with Crippen molar-refractivity contribution in [2.45, 2.75) is 44.9 Å². The Balaban J connectivity index is 0.00000225. The van der Waals surface area contributed by atoms with Gasteiger partial charge in [-0.25, -0.2) is 0 Å². The minimum Gasteiger partial charge on any atom is -0.377 e. The Bertz CT molecular complexity index is 647. The number of hydrogen-bond donors (Lipinski definition) is 1. The zero-order valence-electron chi connectivity index (χ0n) is 14.7. The molecule has 0 bridgehead atoms. The van der Waals surface area contributed by atoms with E-state index in [9.17, 15) is 4.79 Å². The van der Waals surface area contributed by atoms with Crippen molar-refractivity contribution in [3.8, 4) is 0 Å². The van der Waals surface area contributed by atoms with Crippen LogP contribution in [0.5, 0.6) is 0 Å². The Kier molecular flexibility index (Phi) is 6.02. The molecule has 1 saturated heterocycles. The topological polar surface area (TPSA) is 55.6 Å². The summed E-state index contributed by atoms with van der Waals surface area (Å²) in [4.78, 5) is 14.8. The molecule has 1 aromatic carbocycles. The second-order valence-corrected chi connectivity index (χ2v) is 8.44. The van der Waals surface area contributed by atoms with E-state index in [0.717, 1.165) is 25.0 Å². The molecule has 7 heteroatoms. The van der Waals surface area contributed by atoms with Gasteiger partial charge in [0.1, 0.15) is 5.54 Å². The molecule has 1 aromatic rings. The minimum atomic E-state index is -0.894. The average molecular weight is 408 g/mol. The maximum absolute atomic E-state index is 13.2. The van der Waals surface area contributed by atoms with Crippen LogP contribution in [0.4, 0.5) is 0 Å². The third kappa shape index (κ3) is 3.28. The van der Waals surface area contributed by atoms with Crippen LogP contribution in [0.2, 0.25) is 10.0 Å². The first-order valence-electron chi connectivity index (χ1n) is 8.29. The summed E-state index contributed by atoms with van der Waals surface area (Å²) in [6, 6.07) is 5.32. The van der Waals surface area contributed by atoms with Gasteiger partial charge in [0, 0.05) is 41.6 Å². The maximum atomic E-state index is 13.2. The fourth-order valence-electron chi connectivity index (χ4n) is 4.37. The minimum absolute atomic E-state index is 0. The summed E-state index contributed by atoms with van der Waals surface area (Å²) in [5.41, 5.74) is 6.29. The molecule has 140 valence electrons. The zero-order valence-corrected chi connectivity index (χ0v) is 17.0. The molecule has 3 unspecified atom stereocenters. The van der Waals surface area contributed by atoms with E-state index < -0.39 is 5.54 Å². The summed E-state index contributed by atoms with van der Waals surface area (Å²) in [5.74, 6) is 0.0366. The van der Waals surface area contributed by atoms with Crippen molar-refractivity contribution in [1.82, 2.24) is 4.90 Å². The highest BCUT2D eigenvalue weighted by Gasteiger charge is 2.70. The number of amides is 1. The van der Waals surface area contributed by atoms with E-state index >= 15 is 0 Å². The highest BCUT2D eigenvalue weighted by Crippen LogP contribution is 2.57. The zero-order chi connectivity index (χ0) is 17.7. The van der Waals surface area contributed by atoms with Gasteiger partial charge in [-0.05, 0) is 36.6 Å². The summed E-state index contributed by atoms with van der Waals surface area (Å²) in [5, 5.41) is 1.12. The van der Waals surface area contributed by atoms with Crippen LogP contribution in [0.25, 0.3) is 0 Å². The molecule has 1 aliphatic carbocycles. The molecule has 2 fully saturated rings. The van der Waals surface area contributed by atoms with Crippen LogP contribution in [0, 0.1) is 11.3 Å². The monoisotopic (exact) mass is 406 g/mol. The Labute approximate surface area is 165 Å². The highest BCUT2D eigenvalue weighted by atomic mass is 35.5. The van der Waals surface area contributed by atoms with E-state index in [1.165, 1.54) is 0 Å². The molecule has 0 radical (unpaired) electrons. The second kappa shape index (κ2) is 7.24. The molecular weight excluding hydrogens is 383 g/mol. The number of carbonyl (C=O) groups excluding carboxylic acids is 1. The molecule has 3 atom stereocenters. The Morgan fingerprint density at radius 3 is 2.52 bits per heavy atom. The van der Waals surface area contributed by atoms with Crippen LogP contribution < -0.4 is 5.73 Å². The normalized spacial score (nSPS) is 29.8. The lowest BCUT2D eigenvalue weighted by molar-refractivity contribution is -0.229. The fraction of sp³-hybridized carbons (Fsp3) is 0.611. The van der Waals surface area contributed by atoms with Crippen molar-refractivity contribution in [3.63, 3.8) is 0 Å². The first kappa shape index (κ1) is 20.8. The fourth-order valence-corrected chi connectivity index (χ4v) is 4.94. The summed E-state index contributed by atoms with van der Waals surface area (Å²) in [7, 11) is 1.78. The molecular formula is C18H25Cl3N2O2. The van der Waals surface area contributed by atoms with Gasteiger partial charge in [0.2, 0.25) is 5.91 Å². The third-order valence-electron chi connectivity index (χ3n) is 5.73. The van der Waals surface area contributed by atoms with Crippen LogP contribution in [-0.4, -0.2) is 36.1 Å². The molecule has 1 aliphatic heterocycles. The van der Waals surface area contributed by atoms with Crippen molar-refractivity contribution in [2.24, 2.45) is 17.1 Å². The average Bonchev–Trinajstić information content (AvgIpc) is 2.52. The third-order valence-corrected chi connectivity index (χ3v) is 6.16. The summed E-state index contributed by atoms with van der Waals surface area (Å²) in [6.45, 7) is 5.24. The molecule has 3 rings (SSSR count). The molecule has 2 aliphatic rings. The van der Waals surface area contributed by atoms with Gasteiger partial charge in [-0.15, -0.1) is 12.4 Å². The SMILES string of the molecule is CN(Cc1cc(Cl)cc(Cl)c1)C(=O)C1(N)C2CCCOC2C1(C)C.Cl. The van der Waals surface area contributed by atoms with E-state index in [2.05, 4.69) is 0 Å². The van der Waals surface area contributed by atoms with Crippen molar-refractivity contribution in [2.75, 3.05) is 13.7 Å². The van der Waals surface area contributed by atoms with Crippen LogP contribution in [0.15, 0.2) is 18.2 Å². The van der Waals surface area contributed by atoms with Crippen LogP contribution in [0.3, 0.4) is 0 Å². The van der Waals surface area contributed by atoms with E-state index in [0.29, 0.717) is 16.6 Å². The van der Waals surface area contributed by atoms with Gasteiger partial charge in [0.15, 0.2) is 0 Å². The highest BCUT2D eigenvalue weighted by molar-refractivity contribution is 6.34. The first-order chi connectivity index (χ1) is 11.2. The van der Waals surface area contributed by atoms with Crippen LogP contribution in [0.1, 0.15) is 32.3 Å². The number of fused-ring (bicyclic) bond motifs is 1. The van der Waals surface area contributed by atoms with Gasteiger partial charge in [0.05, 0.1) is 6.10 Å². The number of carbonyl (C=O) groups is 1. The van der Waals surface area contributed by atoms with E-state index in [4.69, 9.17) is 33.7 Å². The van der Waals surface area contributed by atoms with Gasteiger partial charge in [-0.1, -0.05) is 37.0 Å². The van der Waals surface area contributed by atoms with Crippen molar-refractivity contribution >= 4 is 41.5 Å². The lowest BCUT2D eigenvalue weighted by Crippen LogP contribution is -2.82. The molecule has 0 aromatic heterocycles. The largest absolute Gasteiger partial charge is 0.377 e. The molecule has 0 spiro atoms. The lowest BCUT2D eigenvalue weighted by atomic mass is 9.46. The predicted molar refractivity (Wildman–Crippen MR) is 103 cm³/mol. The Morgan fingerprint density at radius 2 is 1.92 bits per heavy atom. The summed E-state index contributed by atoms with van der Waals surface area (Å²) < 4.78 is 5.88. The quantitative estimate of drug-likeness (QED) is 0.826. The number of rotatable bonds is 3. The van der Waals surface area contributed by atoms with E-state index in [1.807, 2.05) is 26.0 Å². The maximum Gasteiger partial charge on any atom is 0.243 e. The smallest absolute Gasteiger partial charge is 0.243 e. The van der Waals surface area contributed by atoms with Gasteiger partial charge >= 0.3 is 0 Å². The Hall–Kier alpha value is -0.520. The number of likely N-dealkylation sites (N-methyl/N-ethyl adjacent to an activating group) is 1. The molecule has 25 heavy (non-hydrogen) atoms. The standard InChI is InChI=1S/C18H24Cl2N2O2.ClH/c1-17(2)15-14(5-4-6-24-15)18(17,21)16(23)22(3)10-11-7-12(19)9-13(20)8-11;/h7-9,14-15H,4-6,10,21H2,1-3H3;1H. The number of nitrogens with two attached hydrogens (primary N) is 1. The van der Waals surface area contributed by atoms with Crippen molar-refractivity contribution < 1.29 is 9.53 Å². The van der Waals surface area contributed by atoms with Gasteiger partial charge in [-0.2, -0.15) is 0 Å². The van der Waals surface area contributed by atoms with Gasteiger partial charge < -0.3 is 15.4 Å². The number of ether oxygens (including phenoxy) is 1. The first-order valence-corrected chi connectivity index (χ1v) is 9.04. The second-order valence-electron chi connectivity index (χ2n) is 7.57. The molecule has 1 heterocycles. The number of benzene rings is 1. The van der Waals surface area contributed by atoms with Crippen LogP contribution in [-0.2, 0) is 16.1 Å². The molecule has 4 nitrogen and oxygen atoms in total. The summed E-state index contributed by atoms with van der Waals surface area (Å²) in [6.07, 6.45) is 1.96. The number of nitrogens with zero attached hydrogens (tertiary/aromatic N) is 1. The molecule has 1 saturated carbocycles. The predicted octanol–water partition coefficient (Wildman–Crippen LogP) is 3.91. The molecule has 2 N–H and O–H groups in total. The van der Waals surface area contributed by atoms with Crippen molar-refractivity contribution in [1.29, 1.82) is 0 Å². The number of halogens is 3. The Morgan fingerprint density at radius 1 is 1.32 bits per heavy atom. The van der Waals surface area contributed by atoms with Gasteiger partial charge in [0.25, 0.3) is 0 Å². The summed E-state index contributed by atoms with van der Waals surface area (Å²) >= 11 is 12.1. The van der Waals surface area contributed by atoms with E-state index in [1.54, 1.807) is 18.0 Å². The molecule has 1 amide bonds. The lowest BCUT2D eigenvalue weighted by Gasteiger charge is -2.65. The number of hydrogen-bond acceptors (Lipinski definition) is 3. The van der Waals surface area contributed by atoms with Crippen LogP contribution >= 0.6 is 35.6 Å². The van der Waals surface area contributed by atoms with Crippen molar-refractivity contribution in [3.05, 3.63) is 33.8 Å². The van der Waals surface area contributed by atoms with E-state index in [-0.39, 0.29) is 35.8 Å².